The molecule has 7 heteroatoms. The molecular weight excluding hydrogens is 343 g/mol. The van der Waals surface area contributed by atoms with Crippen molar-refractivity contribution in [2.24, 2.45) is 5.92 Å². The fraction of sp³-hybridized carbons (Fsp3) is 0.611. The van der Waals surface area contributed by atoms with E-state index in [1.807, 2.05) is 20.8 Å². The van der Waals surface area contributed by atoms with E-state index in [-0.39, 0.29) is 11.7 Å². The molecule has 2 rings (SSSR count). The summed E-state index contributed by atoms with van der Waals surface area (Å²) in [4.78, 5) is 11.4. The van der Waals surface area contributed by atoms with Crippen LogP contribution in [0.1, 0.15) is 58.1 Å². The smallest absolute Gasteiger partial charge is 0.411 e. The highest BCUT2D eigenvalue weighted by molar-refractivity contribution is 7.90. The zero-order valence-electron chi connectivity index (χ0n) is 15.2. The number of carbonyl (C=O) groups excluding carboxylic acids is 1. The zero-order valence-corrected chi connectivity index (χ0v) is 16.0. The molecule has 1 aliphatic carbocycles. The Morgan fingerprint density at radius 1 is 1.44 bits per heavy atom. The lowest BCUT2D eigenvalue weighted by atomic mass is 10.0. The summed E-state index contributed by atoms with van der Waals surface area (Å²) in [5.74, 6) is 0.201. The van der Waals surface area contributed by atoms with Gasteiger partial charge in [-0.1, -0.05) is 18.9 Å². The Hall–Kier alpha value is -1.31. The maximum Gasteiger partial charge on any atom is 0.411 e. The molecule has 1 amide bonds. The largest absolute Gasteiger partial charge is 0.598 e. The van der Waals surface area contributed by atoms with Crippen LogP contribution in [0.25, 0.3) is 0 Å². The van der Waals surface area contributed by atoms with E-state index in [1.54, 1.807) is 12.1 Å². The van der Waals surface area contributed by atoms with Crippen LogP contribution in [0, 0.1) is 11.7 Å². The first kappa shape index (κ1) is 20.0. The predicted molar refractivity (Wildman–Crippen MR) is 98.2 cm³/mol. The van der Waals surface area contributed by atoms with Crippen molar-refractivity contribution in [1.29, 1.82) is 0 Å². The first-order valence-electron chi connectivity index (χ1n) is 8.53. The van der Waals surface area contributed by atoms with E-state index in [9.17, 15) is 13.7 Å². The van der Waals surface area contributed by atoms with Crippen LogP contribution in [0.5, 0.6) is 0 Å². The van der Waals surface area contributed by atoms with Crippen molar-refractivity contribution < 1.29 is 18.5 Å². The molecule has 0 saturated heterocycles. The molecule has 5 nitrogen and oxygen atoms in total. The number of rotatable bonds is 7. The molecule has 0 aromatic heterocycles. The second kappa shape index (κ2) is 8.38. The van der Waals surface area contributed by atoms with Gasteiger partial charge in [0.15, 0.2) is 0 Å². The summed E-state index contributed by atoms with van der Waals surface area (Å²) in [6, 6.07) is 4.39. The highest BCUT2D eigenvalue weighted by atomic mass is 32.2. The standard InChI is InChI=1S/C18H27FN2O3S/c1-18(2,3)25(23)21-15(10-7-12-5-6-12)13-8-9-14(19)16(11-13)20-17(22)24-4/h8-9,11-12,15,21H,5-7,10H2,1-4H3,(H,20,22)/t15-,25-/m0/s1. The summed E-state index contributed by atoms with van der Waals surface area (Å²) < 4.78 is 33.8. The van der Waals surface area contributed by atoms with Crippen molar-refractivity contribution in [1.82, 2.24) is 4.72 Å². The summed E-state index contributed by atoms with van der Waals surface area (Å²) in [6.07, 6.45) is 3.62. The van der Waals surface area contributed by atoms with Gasteiger partial charge in [0.1, 0.15) is 10.6 Å². The van der Waals surface area contributed by atoms with Crippen LogP contribution in [0.3, 0.4) is 0 Å². The molecule has 2 N–H and O–H groups in total. The number of nitrogens with one attached hydrogen (secondary N) is 2. The number of benzene rings is 1. The second-order valence-electron chi connectivity index (χ2n) is 7.43. The van der Waals surface area contributed by atoms with Gasteiger partial charge in [-0.05, 0) is 57.2 Å². The van der Waals surface area contributed by atoms with Crippen LogP contribution in [-0.2, 0) is 16.1 Å². The molecule has 0 radical (unpaired) electrons. The number of ether oxygens (including phenoxy) is 1. The molecule has 1 saturated carbocycles. The maximum atomic E-state index is 14.0. The fourth-order valence-corrected chi connectivity index (χ4v) is 3.29. The number of anilines is 1. The molecule has 25 heavy (non-hydrogen) atoms. The Morgan fingerprint density at radius 2 is 2.12 bits per heavy atom. The van der Waals surface area contributed by atoms with E-state index in [2.05, 4.69) is 14.8 Å². The van der Waals surface area contributed by atoms with E-state index in [0.717, 1.165) is 24.3 Å². The van der Waals surface area contributed by atoms with Gasteiger partial charge < -0.3 is 9.29 Å². The Balaban J connectivity index is 2.19. The predicted octanol–water partition coefficient (Wildman–Crippen LogP) is 4.29. The molecule has 2 atom stereocenters. The molecule has 0 bridgehead atoms. The minimum Gasteiger partial charge on any atom is -0.598 e. The Morgan fingerprint density at radius 3 is 2.68 bits per heavy atom. The summed E-state index contributed by atoms with van der Waals surface area (Å²) in [7, 11) is 1.23. The number of carbonyl (C=O) groups is 1. The van der Waals surface area contributed by atoms with Gasteiger partial charge >= 0.3 is 6.09 Å². The van der Waals surface area contributed by atoms with E-state index in [0.29, 0.717) is 0 Å². The third-order valence-corrected chi connectivity index (χ3v) is 5.79. The van der Waals surface area contributed by atoms with Gasteiger partial charge in [0.05, 0.1) is 18.8 Å². The number of amides is 1. The van der Waals surface area contributed by atoms with E-state index in [1.165, 1.54) is 26.0 Å². The van der Waals surface area contributed by atoms with Crippen molar-refractivity contribution in [2.75, 3.05) is 12.4 Å². The Bertz CT molecular complexity index is 602. The van der Waals surface area contributed by atoms with Gasteiger partial charge in [-0.3, -0.25) is 5.32 Å². The van der Waals surface area contributed by atoms with Crippen LogP contribution in [-0.4, -0.2) is 22.5 Å². The van der Waals surface area contributed by atoms with Crippen LogP contribution in [0.2, 0.25) is 0 Å². The highest BCUT2D eigenvalue weighted by Gasteiger charge is 2.31. The van der Waals surface area contributed by atoms with Gasteiger partial charge in [-0.15, -0.1) is 4.72 Å². The van der Waals surface area contributed by atoms with Crippen molar-refractivity contribution in [3.05, 3.63) is 29.6 Å². The molecule has 1 aliphatic rings. The lowest BCUT2D eigenvalue weighted by Gasteiger charge is -2.28. The molecule has 1 aromatic rings. The Labute approximate surface area is 152 Å². The molecule has 0 aliphatic heterocycles. The monoisotopic (exact) mass is 370 g/mol. The first-order valence-corrected chi connectivity index (χ1v) is 9.68. The highest BCUT2D eigenvalue weighted by Crippen LogP contribution is 2.37. The fourth-order valence-electron chi connectivity index (χ4n) is 2.42. The number of methoxy groups -OCH3 is 1. The molecule has 140 valence electrons. The van der Waals surface area contributed by atoms with Crippen LogP contribution in [0.15, 0.2) is 18.2 Å². The molecular formula is C18H27FN2O3S. The summed E-state index contributed by atoms with van der Waals surface area (Å²) in [6.45, 7) is 5.72. The van der Waals surface area contributed by atoms with Gasteiger partial charge in [0.25, 0.3) is 0 Å². The SMILES string of the molecule is COC(=O)Nc1cc([C@H](CCC2CC2)N[S@@+]([O-])C(C)(C)C)ccc1F. The van der Waals surface area contributed by atoms with Crippen LogP contribution in [0.4, 0.5) is 14.9 Å². The van der Waals surface area contributed by atoms with Crippen LogP contribution >= 0.6 is 0 Å². The number of halogens is 1. The van der Waals surface area contributed by atoms with Gasteiger partial charge in [-0.2, -0.15) is 0 Å². The third kappa shape index (κ3) is 6.17. The minimum atomic E-state index is -1.24. The van der Waals surface area contributed by atoms with Crippen molar-refractivity contribution in [3.8, 4) is 0 Å². The van der Waals surface area contributed by atoms with E-state index in [4.69, 9.17) is 0 Å². The maximum absolute atomic E-state index is 14.0. The second-order valence-corrected chi connectivity index (χ2v) is 9.43. The van der Waals surface area contributed by atoms with Crippen molar-refractivity contribution in [3.63, 3.8) is 0 Å². The number of hydrogen-bond donors (Lipinski definition) is 2. The van der Waals surface area contributed by atoms with Crippen LogP contribution < -0.4 is 10.0 Å². The molecule has 1 aromatic carbocycles. The van der Waals surface area contributed by atoms with Crippen molar-refractivity contribution >= 4 is 23.1 Å². The summed E-state index contributed by atoms with van der Waals surface area (Å²) in [5, 5.41) is 2.38. The lowest BCUT2D eigenvalue weighted by molar-refractivity contribution is 0.187. The molecule has 1 fully saturated rings. The van der Waals surface area contributed by atoms with E-state index >= 15 is 0 Å². The number of hydrogen-bond acceptors (Lipinski definition) is 4. The van der Waals surface area contributed by atoms with Gasteiger partial charge in [-0.25, -0.2) is 9.18 Å². The van der Waals surface area contributed by atoms with Gasteiger partial charge in [0.2, 0.25) is 0 Å². The summed E-state index contributed by atoms with van der Waals surface area (Å²) in [5.41, 5.74) is 0.857. The lowest BCUT2D eigenvalue weighted by Crippen LogP contribution is -2.41. The average molecular weight is 370 g/mol. The van der Waals surface area contributed by atoms with E-state index < -0.39 is 28.0 Å². The zero-order chi connectivity index (χ0) is 18.6. The van der Waals surface area contributed by atoms with Gasteiger partial charge in [0, 0.05) is 11.4 Å². The third-order valence-electron chi connectivity index (χ3n) is 4.18. The minimum absolute atomic E-state index is 0.0594. The molecule has 0 heterocycles. The topological polar surface area (TPSA) is 73.4 Å². The van der Waals surface area contributed by atoms with Crippen molar-refractivity contribution in [2.45, 2.75) is 57.2 Å². The Kier molecular flexibility index (Phi) is 6.71. The molecule has 0 spiro atoms. The molecule has 0 unspecified atom stereocenters. The normalized spacial score (nSPS) is 17.0. The first-order chi connectivity index (χ1) is 11.7. The average Bonchev–Trinajstić information content (AvgIpc) is 3.36. The quantitative estimate of drug-likeness (QED) is 0.702. The summed E-state index contributed by atoms with van der Waals surface area (Å²) >= 11 is -1.24.